The second-order valence-corrected chi connectivity index (χ2v) is 5.13. The average molecular weight is 258 g/mol. The first-order valence-electron chi connectivity index (χ1n) is 6.67. The molecule has 0 saturated carbocycles. The molecule has 1 aliphatic rings. The first kappa shape index (κ1) is 12.2. The van der Waals surface area contributed by atoms with Crippen LogP contribution in [0.2, 0.25) is 0 Å². The maximum Gasteiger partial charge on any atom is 0.227 e. The number of furan rings is 1. The predicted molar refractivity (Wildman–Crippen MR) is 73.7 cm³/mol. The molecule has 4 heteroatoms. The van der Waals surface area contributed by atoms with E-state index in [2.05, 4.69) is 5.32 Å². The van der Waals surface area contributed by atoms with Gasteiger partial charge in [0.2, 0.25) is 5.91 Å². The van der Waals surface area contributed by atoms with Crippen LogP contribution >= 0.6 is 0 Å². The molecule has 1 aliphatic heterocycles. The third kappa shape index (κ3) is 2.49. The molecule has 1 amide bonds. The van der Waals surface area contributed by atoms with Crippen molar-refractivity contribution in [3.63, 3.8) is 0 Å². The van der Waals surface area contributed by atoms with E-state index >= 15 is 0 Å². The highest BCUT2D eigenvalue weighted by molar-refractivity contribution is 5.80. The van der Waals surface area contributed by atoms with Crippen molar-refractivity contribution in [2.45, 2.75) is 13.0 Å². The van der Waals surface area contributed by atoms with Gasteiger partial charge in [0.1, 0.15) is 11.3 Å². The lowest BCUT2D eigenvalue weighted by atomic mass is 10.1. The van der Waals surface area contributed by atoms with Crippen molar-refractivity contribution in [1.82, 2.24) is 10.2 Å². The van der Waals surface area contributed by atoms with E-state index in [0.29, 0.717) is 6.54 Å². The van der Waals surface area contributed by atoms with Crippen molar-refractivity contribution in [2.75, 3.05) is 20.1 Å². The molecule has 1 fully saturated rings. The number of nitrogens with one attached hydrogen (secondary N) is 1. The van der Waals surface area contributed by atoms with Crippen molar-refractivity contribution < 1.29 is 9.21 Å². The zero-order valence-corrected chi connectivity index (χ0v) is 11.1. The Balaban J connectivity index is 1.71. The molecule has 1 aromatic heterocycles. The van der Waals surface area contributed by atoms with E-state index in [4.69, 9.17) is 4.42 Å². The molecule has 0 radical (unpaired) electrons. The lowest BCUT2D eigenvalue weighted by molar-refractivity contribution is -0.134. The summed E-state index contributed by atoms with van der Waals surface area (Å²) < 4.78 is 5.74. The number of fused-ring (bicyclic) bond motifs is 1. The maximum absolute atomic E-state index is 12.2. The van der Waals surface area contributed by atoms with Crippen LogP contribution in [0.15, 0.2) is 34.7 Å². The SMILES string of the molecule is CN(Cc1cc2ccccc2o1)C(=O)C1CCNC1. The lowest BCUT2D eigenvalue weighted by Gasteiger charge is -2.19. The molecule has 19 heavy (non-hydrogen) atoms. The molecule has 0 aliphatic carbocycles. The molecule has 1 N–H and O–H groups in total. The Morgan fingerprint density at radius 3 is 3.05 bits per heavy atom. The second-order valence-electron chi connectivity index (χ2n) is 5.13. The van der Waals surface area contributed by atoms with Crippen LogP contribution in [0.3, 0.4) is 0 Å². The van der Waals surface area contributed by atoms with Crippen molar-refractivity contribution in [1.29, 1.82) is 0 Å². The van der Waals surface area contributed by atoms with Gasteiger partial charge in [-0.15, -0.1) is 0 Å². The summed E-state index contributed by atoms with van der Waals surface area (Å²) in [6.45, 7) is 2.27. The third-order valence-corrected chi connectivity index (χ3v) is 3.66. The molecule has 100 valence electrons. The number of rotatable bonds is 3. The summed E-state index contributed by atoms with van der Waals surface area (Å²) in [5, 5.41) is 4.31. The summed E-state index contributed by atoms with van der Waals surface area (Å²) in [5.74, 6) is 1.16. The highest BCUT2D eigenvalue weighted by Gasteiger charge is 2.25. The van der Waals surface area contributed by atoms with E-state index in [-0.39, 0.29) is 11.8 Å². The minimum Gasteiger partial charge on any atom is -0.459 e. The van der Waals surface area contributed by atoms with Gasteiger partial charge >= 0.3 is 0 Å². The highest BCUT2D eigenvalue weighted by Crippen LogP contribution is 2.20. The van der Waals surface area contributed by atoms with E-state index < -0.39 is 0 Å². The Bertz CT molecular complexity index is 552. The van der Waals surface area contributed by atoms with Gasteiger partial charge in [0.25, 0.3) is 0 Å². The van der Waals surface area contributed by atoms with Crippen LogP contribution in [0.1, 0.15) is 12.2 Å². The van der Waals surface area contributed by atoms with Crippen LogP contribution in [-0.2, 0) is 11.3 Å². The molecule has 1 aromatic carbocycles. The summed E-state index contributed by atoms with van der Waals surface area (Å²) in [6, 6.07) is 9.91. The van der Waals surface area contributed by atoms with E-state index in [0.717, 1.165) is 36.2 Å². The van der Waals surface area contributed by atoms with E-state index in [1.165, 1.54) is 0 Å². The first-order chi connectivity index (χ1) is 9.24. The van der Waals surface area contributed by atoms with Crippen molar-refractivity contribution in [3.05, 3.63) is 36.1 Å². The first-order valence-corrected chi connectivity index (χ1v) is 6.67. The number of carbonyl (C=O) groups is 1. The van der Waals surface area contributed by atoms with Gasteiger partial charge in [0.05, 0.1) is 12.5 Å². The van der Waals surface area contributed by atoms with Crippen LogP contribution in [-0.4, -0.2) is 30.9 Å². The fourth-order valence-corrected chi connectivity index (χ4v) is 2.60. The Kier molecular flexibility index (Phi) is 3.25. The minimum atomic E-state index is 0.120. The number of para-hydroxylation sites is 1. The predicted octanol–water partition coefficient (Wildman–Crippen LogP) is 2.00. The molecule has 2 heterocycles. The third-order valence-electron chi connectivity index (χ3n) is 3.66. The number of nitrogens with zero attached hydrogens (tertiary/aromatic N) is 1. The van der Waals surface area contributed by atoms with E-state index in [9.17, 15) is 4.79 Å². The summed E-state index contributed by atoms with van der Waals surface area (Å²) >= 11 is 0. The van der Waals surface area contributed by atoms with Crippen molar-refractivity contribution >= 4 is 16.9 Å². The Labute approximate surface area is 112 Å². The Morgan fingerprint density at radius 2 is 2.32 bits per heavy atom. The normalized spacial score (nSPS) is 18.9. The summed E-state index contributed by atoms with van der Waals surface area (Å²) in [7, 11) is 1.84. The molecule has 0 spiro atoms. The smallest absolute Gasteiger partial charge is 0.227 e. The molecular weight excluding hydrogens is 240 g/mol. The molecular formula is C15H18N2O2. The standard InChI is InChI=1S/C15H18N2O2/c1-17(15(18)12-6-7-16-9-12)10-13-8-11-4-2-3-5-14(11)19-13/h2-5,8,12,16H,6-7,9-10H2,1H3. The quantitative estimate of drug-likeness (QED) is 0.916. The van der Waals surface area contributed by atoms with Gasteiger partial charge in [0.15, 0.2) is 0 Å². The molecule has 1 unspecified atom stereocenters. The maximum atomic E-state index is 12.2. The van der Waals surface area contributed by atoms with Crippen LogP contribution in [0.4, 0.5) is 0 Å². The average Bonchev–Trinajstić information content (AvgIpc) is 3.06. The number of hydrogen-bond donors (Lipinski definition) is 1. The van der Waals surface area contributed by atoms with Gasteiger partial charge in [-0.05, 0) is 25.1 Å². The van der Waals surface area contributed by atoms with Crippen LogP contribution < -0.4 is 5.32 Å². The van der Waals surface area contributed by atoms with Crippen LogP contribution in [0.5, 0.6) is 0 Å². The molecule has 0 bridgehead atoms. The Hall–Kier alpha value is -1.81. The number of carbonyl (C=O) groups excluding carboxylic acids is 1. The fourth-order valence-electron chi connectivity index (χ4n) is 2.60. The molecule has 1 saturated heterocycles. The highest BCUT2D eigenvalue weighted by atomic mass is 16.3. The summed E-state index contributed by atoms with van der Waals surface area (Å²) in [5.41, 5.74) is 0.876. The number of hydrogen-bond acceptors (Lipinski definition) is 3. The van der Waals surface area contributed by atoms with Crippen molar-refractivity contribution in [3.8, 4) is 0 Å². The number of amides is 1. The topological polar surface area (TPSA) is 45.5 Å². The van der Waals surface area contributed by atoms with Gasteiger partial charge < -0.3 is 14.6 Å². The van der Waals surface area contributed by atoms with Gasteiger partial charge in [-0.2, -0.15) is 0 Å². The zero-order valence-electron chi connectivity index (χ0n) is 11.1. The zero-order chi connectivity index (χ0) is 13.2. The molecule has 3 rings (SSSR count). The lowest BCUT2D eigenvalue weighted by Crippen LogP contribution is -2.33. The van der Waals surface area contributed by atoms with E-state index in [1.807, 2.05) is 37.4 Å². The molecule has 2 aromatic rings. The summed E-state index contributed by atoms with van der Waals surface area (Å²) in [4.78, 5) is 14.0. The molecule has 1 atom stereocenters. The van der Waals surface area contributed by atoms with E-state index in [1.54, 1.807) is 4.90 Å². The molecule has 4 nitrogen and oxygen atoms in total. The summed E-state index contributed by atoms with van der Waals surface area (Å²) in [6.07, 6.45) is 0.934. The largest absolute Gasteiger partial charge is 0.459 e. The van der Waals surface area contributed by atoms with Crippen LogP contribution in [0, 0.1) is 5.92 Å². The van der Waals surface area contributed by atoms with Gasteiger partial charge in [-0.25, -0.2) is 0 Å². The fraction of sp³-hybridized carbons (Fsp3) is 0.400. The van der Waals surface area contributed by atoms with Crippen LogP contribution in [0.25, 0.3) is 11.0 Å². The monoisotopic (exact) mass is 258 g/mol. The van der Waals surface area contributed by atoms with Gasteiger partial charge in [-0.1, -0.05) is 18.2 Å². The second kappa shape index (κ2) is 5.05. The number of benzene rings is 1. The minimum absolute atomic E-state index is 0.120. The van der Waals surface area contributed by atoms with Crippen molar-refractivity contribution in [2.24, 2.45) is 5.92 Å². The Morgan fingerprint density at radius 1 is 1.47 bits per heavy atom. The van der Waals surface area contributed by atoms with Gasteiger partial charge in [0, 0.05) is 19.0 Å². The van der Waals surface area contributed by atoms with Gasteiger partial charge in [-0.3, -0.25) is 4.79 Å².